The van der Waals surface area contributed by atoms with Crippen LogP contribution in [0, 0.1) is 5.92 Å². The number of urea groups is 1. The van der Waals surface area contributed by atoms with Crippen LogP contribution in [0.5, 0.6) is 0 Å². The molecular weight excluding hydrogens is 280 g/mol. The van der Waals surface area contributed by atoms with Crippen LogP contribution in [0.25, 0.3) is 0 Å². The molecule has 0 saturated heterocycles. The predicted octanol–water partition coefficient (Wildman–Crippen LogP) is -0.668. The number of carbonyl (C=O) groups is 3. The van der Waals surface area contributed by atoms with Crippen molar-refractivity contribution in [1.29, 1.82) is 0 Å². The molecule has 10 nitrogen and oxygen atoms in total. The molecule has 2 N–H and O–H groups in total. The van der Waals surface area contributed by atoms with E-state index in [2.05, 4.69) is 26.2 Å². The molecule has 1 aromatic rings. The van der Waals surface area contributed by atoms with Crippen molar-refractivity contribution in [1.82, 2.24) is 30.8 Å². The number of hydrogen-bond donors (Lipinski definition) is 2. The molecule has 0 aliphatic heterocycles. The van der Waals surface area contributed by atoms with Gasteiger partial charge >= 0.3 is 12.0 Å². The zero-order valence-electron chi connectivity index (χ0n) is 12.1. The minimum absolute atomic E-state index is 0.162. The summed E-state index contributed by atoms with van der Waals surface area (Å²) >= 11 is 0. The summed E-state index contributed by atoms with van der Waals surface area (Å²) in [5.41, 5.74) is 0. The monoisotopic (exact) mass is 298 g/mol. The zero-order valence-corrected chi connectivity index (χ0v) is 12.1. The van der Waals surface area contributed by atoms with Crippen molar-refractivity contribution in [3.8, 4) is 0 Å². The Morgan fingerprint density at radius 3 is 2.67 bits per heavy atom. The molecule has 0 atom stereocenters. The van der Waals surface area contributed by atoms with E-state index in [0.29, 0.717) is 6.54 Å². The van der Waals surface area contributed by atoms with E-state index in [9.17, 15) is 14.4 Å². The fraction of sp³-hybridized carbons (Fsp3) is 0.636. The number of ether oxygens (including phenoxy) is 1. The second-order valence-electron chi connectivity index (χ2n) is 4.53. The van der Waals surface area contributed by atoms with Crippen molar-refractivity contribution in [3.63, 3.8) is 0 Å². The first-order valence-corrected chi connectivity index (χ1v) is 6.45. The zero-order chi connectivity index (χ0) is 15.8. The first-order valence-electron chi connectivity index (χ1n) is 6.45. The topological polar surface area (TPSA) is 128 Å². The van der Waals surface area contributed by atoms with Gasteiger partial charge in [0.1, 0.15) is 6.54 Å². The number of amides is 3. The molecule has 10 heteroatoms. The lowest BCUT2D eigenvalue weighted by molar-refractivity contribution is -0.120. The third-order valence-corrected chi connectivity index (χ3v) is 2.21. The minimum Gasteiger partial charge on any atom is -0.460 e. The van der Waals surface area contributed by atoms with Gasteiger partial charge in [-0.1, -0.05) is 13.8 Å². The molecule has 0 spiro atoms. The normalized spacial score (nSPS) is 10.3. The smallest absolute Gasteiger partial charge is 0.378 e. The lowest BCUT2D eigenvalue weighted by atomic mass is 10.2. The molecular formula is C11H18N6O4. The Bertz CT molecular complexity index is 513. The fourth-order valence-corrected chi connectivity index (χ4v) is 1.30. The molecule has 0 aromatic carbocycles. The average Bonchev–Trinajstić information content (AvgIpc) is 2.84. The number of tetrazole rings is 1. The first-order chi connectivity index (χ1) is 9.93. The fourth-order valence-electron chi connectivity index (χ4n) is 1.30. The highest BCUT2D eigenvalue weighted by atomic mass is 16.5. The number of aromatic nitrogens is 4. The second-order valence-corrected chi connectivity index (χ2v) is 4.53. The number of carbonyl (C=O) groups excluding carboxylic acids is 3. The number of esters is 1. The van der Waals surface area contributed by atoms with Crippen molar-refractivity contribution >= 4 is 17.9 Å². The van der Waals surface area contributed by atoms with E-state index in [0.717, 1.165) is 4.68 Å². The molecule has 0 fully saturated rings. The van der Waals surface area contributed by atoms with Crippen LogP contribution >= 0.6 is 0 Å². The SMILES string of the molecule is CCOC(=O)c1nnnn1CC(=O)NC(=O)NCC(C)C. The Morgan fingerprint density at radius 2 is 2.05 bits per heavy atom. The number of hydrogen-bond acceptors (Lipinski definition) is 7. The molecule has 0 bridgehead atoms. The van der Waals surface area contributed by atoms with Crippen LogP contribution < -0.4 is 10.6 Å². The van der Waals surface area contributed by atoms with Crippen LogP contribution in [0.15, 0.2) is 0 Å². The van der Waals surface area contributed by atoms with Crippen molar-refractivity contribution in [2.75, 3.05) is 13.2 Å². The van der Waals surface area contributed by atoms with Gasteiger partial charge in [-0.3, -0.25) is 10.1 Å². The third kappa shape index (κ3) is 5.55. The highest BCUT2D eigenvalue weighted by Crippen LogP contribution is 1.96. The van der Waals surface area contributed by atoms with Gasteiger partial charge in [-0.15, -0.1) is 5.10 Å². The van der Waals surface area contributed by atoms with E-state index in [4.69, 9.17) is 4.74 Å². The molecule has 21 heavy (non-hydrogen) atoms. The first kappa shape index (κ1) is 16.5. The second kappa shape index (κ2) is 7.92. The van der Waals surface area contributed by atoms with Crippen LogP contribution in [-0.2, 0) is 16.1 Å². The van der Waals surface area contributed by atoms with Gasteiger partial charge in [-0.05, 0) is 23.3 Å². The van der Waals surface area contributed by atoms with Gasteiger partial charge in [0.2, 0.25) is 5.91 Å². The van der Waals surface area contributed by atoms with E-state index in [-0.39, 0.29) is 24.9 Å². The van der Waals surface area contributed by atoms with Crippen molar-refractivity contribution < 1.29 is 19.1 Å². The molecule has 0 aliphatic rings. The Kier molecular flexibility index (Phi) is 6.24. The summed E-state index contributed by atoms with van der Waals surface area (Å²) in [7, 11) is 0. The van der Waals surface area contributed by atoms with Crippen LogP contribution in [0.3, 0.4) is 0 Å². The lowest BCUT2D eigenvalue weighted by Gasteiger charge is -2.08. The van der Waals surface area contributed by atoms with Crippen LogP contribution in [-0.4, -0.2) is 51.3 Å². The Morgan fingerprint density at radius 1 is 1.33 bits per heavy atom. The highest BCUT2D eigenvalue weighted by molar-refractivity contribution is 5.94. The van der Waals surface area contributed by atoms with Crippen molar-refractivity contribution in [3.05, 3.63) is 5.82 Å². The molecule has 3 amide bonds. The quantitative estimate of drug-likeness (QED) is 0.666. The summed E-state index contributed by atoms with van der Waals surface area (Å²) in [4.78, 5) is 34.6. The largest absolute Gasteiger partial charge is 0.460 e. The van der Waals surface area contributed by atoms with E-state index >= 15 is 0 Å². The van der Waals surface area contributed by atoms with Crippen molar-refractivity contribution in [2.45, 2.75) is 27.3 Å². The molecule has 1 rings (SSSR count). The molecule has 1 aromatic heterocycles. The summed E-state index contributed by atoms with van der Waals surface area (Å²) in [5, 5.41) is 14.9. The molecule has 0 unspecified atom stereocenters. The van der Waals surface area contributed by atoms with E-state index in [1.165, 1.54) is 0 Å². The van der Waals surface area contributed by atoms with Gasteiger partial charge in [-0.2, -0.15) is 0 Å². The molecule has 116 valence electrons. The van der Waals surface area contributed by atoms with E-state index < -0.39 is 17.9 Å². The number of imide groups is 1. The van der Waals surface area contributed by atoms with Gasteiger partial charge in [-0.25, -0.2) is 14.3 Å². The van der Waals surface area contributed by atoms with Gasteiger partial charge in [0.15, 0.2) is 0 Å². The van der Waals surface area contributed by atoms with Gasteiger partial charge in [0.25, 0.3) is 5.82 Å². The van der Waals surface area contributed by atoms with Crippen LogP contribution in [0.2, 0.25) is 0 Å². The maximum Gasteiger partial charge on any atom is 0.378 e. The summed E-state index contributed by atoms with van der Waals surface area (Å²) in [5.74, 6) is -1.32. The molecule has 1 heterocycles. The predicted molar refractivity (Wildman–Crippen MR) is 70.2 cm³/mol. The van der Waals surface area contributed by atoms with E-state index in [1.807, 2.05) is 13.8 Å². The Labute approximate surface area is 121 Å². The van der Waals surface area contributed by atoms with Crippen molar-refractivity contribution in [2.24, 2.45) is 5.92 Å². The number of nitrogens with one attached hydrogen (secondary N) is 2. The standard InChI is InChI=1S/C11H18N6O4/c1-4-21-10(19)9-14-15-16-17(9)6-8(18)13-11(20)12-5-7(2)3/h7H,4-6H2,1-3H3,(H2,12,13,18,20). The Balaban J connectivity index is 2.54. The van der Waals surface area contributed by atoms with Crippen LogP contribution in [0.4, 0.5) is 4.79 Å². The maximum atomic E-state index is 11.7. The van der Waals surface area contributed by atoms with Gasteiger partial charge in [0, 0.05) is 6.54 Å². The summed E-state index contributed by atoms with van der Waals surface area (Å²) in [6.45, 7) is 5.73. The molecule has 0 aliphatic carbocycles. The van der Waals surface area contributed by atoms with Gasteiger partial charge in [0.05, 0.1) is 6.61 Å². The summed E-state index contributed by atoms with van der Waals surface area (Å²) < 4.78 is 5.70. The lowest BCUT2D eigenvalue weighted by Crippen LogP contribution is -2.42. The average molecular weight is 298 g/mol. The third-order valence-electron chi connectivity index (χ3n) is 2.21. The minimum atomic E-state index is -0.737. The molecule has 0 saturated carbocycles. The highest BCUT2D eigenvalue weighted by Gasteiger charge is 2.19. The van der Waals surface area contributed by atoms with Gasteiger partial charge < -0.3 is 10.1 Å². The summed E-state index contributed by atoms with van der Waals surface area (Å²) in [6, 6.07) is -0.612. The Hall–Kier alpha value is -2.52. The van der Waals surface area contributed by atoms with E-state index in [1.54, 1.807) is 6.92 Å². The summed E-state index contributed by atoms with van der Waals surface area (Å²) in [6.07, 6.45) is 0. The number of nitrogens with zero attached hydrogens (tertiary/aromatic N) is 4. The number of rotatable bonds is 6. The van der Waals surface area contributed by atoms with Crippen LogP contribution in [0.1, 0.15) is 31.4 Å². The molecule has 0 radical (unpaired) electrons. The maximum absolute atomic E-state index is 11.7.